The van der Waals surface area contributed by atoms with E-state index in [4.69, 9.17) is 21.1 Å². The van der Waals surface area contributed by atoms with Gasteiger partial charge in [-0.2, -0.15) is 0 Å². The summed E-state index contributed by atoms with van der Waals surface area (Å²) >= 11 is 5.97. The molecule has 0 spiro atoms. The number of benzene rings is 1. The normalized spacial score (nSPS) is 18.3. The fourth-order valence-electron chi connectivity index (χ4n) is 1.76. The van der Waals surface area contributed by atoms with Crippen molar-refractivity contribution in [2.24, 2.45) is 0 Å². The molecule has 1 heterocycles. The molecule has 0 saturated carbocycles. The van der Waals surface area contributed by atoms with Crippen molar-refractivity contribution in [1.29, 1.82) is 0 Å². The number of methoxy groups -OCH3 is 2. The number of rotatable bonds is 3. The van der Waals surface area contributed by atoms with Gasteiger partial charge in [-0.3, -0.25) is 0 Å². The molecule has 4 heteroatoms. The second-order valence-corrected chi connectivity index (χ2v) is 4.06. The largest absolute Gasteiger partial charge is 0.495 e. The molecule has 1 saturated heterocycles. The number of ether oxygens (including phenoxy) is 2. The summed E-state index contributed by atoms with van der Waals surface area (Å²) in [6, 6.07) is 5.76. The van der Waals surface area contributed by atoms with Crippen LogP contribution in [0.25, 0.3) is 0 Å². The van der Waals surface area contributed by atoms with E-state index in [9.17, 15) is 0 Å². The SMILES string of the molecule is COc1cc(C2(OC)CNC2)ccc1Cl. The standard InChI is InChI=1S/C11H14ClNO2/c1-14-10-5-8(3-4-9(10)12)11(15-2)6-13-7-11/h3-5,13H,6-7H2,1-2H3. The maximum absolute atomic E-state index is 5.97. The lowest BCUT2D eigenvalue weighted by Gasteiger charge is -2.41. The Hall–Kier alpha value is -0.770. The minimum atomic E-state index is -0.210. The number of nitrogens with one attached hydrogen (secondary N) is 1. The summed E-state index contributed by atoms with van der Waals surface area (Å²) in [5.74, 6) is 0.692. The molecule has 0 aromatic heterocycles. The highest BCUT2D eigenvalue weighted by Crippen LogP contribution is 2.34. The lowest BCUT2D eigenvalue weighted by Crippen LogP contribution is -2.57. The Labute approximate surface area is 94.3 Å². The van der Waals surface area contributed by atoms with Gasteiger partial charge in [-0.25, -0.2) is 0 Å². The summed E-state index contributed by atoms with van der Waals surface area (Å²) in [7, 11) is 3.34. The number of hydrogen-bond donors (Lipinski definition) is 1. The van der Waals surface area contributed by atoms with Crippen LogP contribution < -0.4 is 10.1 Å². The number of halogens is 1. The summed E-state index contributed by atoms with van der Waals surface area (Å²) < 4.78 is 10.7. The molecule has 15 heavy (non-hydrogen) atoms. The first kappa shape index (κ1) is 10.7. The summed E-state index contributed by atoms with van der Waals surface area (Å²) in [4.78, 5) is 0. The third-order valence-electron chi connectivity index (χ3n) is 2.89. The van der Waals surface area contributed by atoms with Crippen LogP contribution in [-0.4, -0.2) is 27.3 Å². The van der Waals surface area contributed by atoms with Crippen molar-refractivity contribution in [3.8, 4) is 5.75 Å². The molecule has 1 aromatic rings. The first-order valence-corrected chi connectivity index (χ1v) is 5.19. The van der Waals surface area contributed by atoms with Crippen molar-refractivity contribution in [2.45, 2.75) is 5.60 Å². The zero-order valence-electron chi connectivity index (χ0n) is 8.84. The molecular weight excluding hydrogens is 214 g/mol. The Morgan fingerprint density at radius 3 is 2.53 bits per heavy atom. The van der Waals surface area contributed by atoms with Crippen LogP contribution in [0, 0.1) is 0 Å². The maximum atomic E-state index is 5.97. The minimum absolute atomic E-state index is 0.210. The quantitative estimate of drug-likeness (QED) is 0.854. The van der Waals surface area contributed by atoms with Crippen LogP contribution in [-0.2, 0) is 10.3 Å². The van der Waals surface area contributed by atoms with E-state index in [2.05, 4.69) is 5.32 Å². The molecule has 1 fully saturated rings. The van der Waals surface area contributed by atoms with Gasteiger partial charge in [0.2, 0.25) is 0 Å². The van der Waals surface area contributed by atoms with Crippen LogP contribution in [0.5, 0.6) is 5.75 Å². The average molecular weight is 228 g/mol. The molecule has 82 valence electrons. The van der Waals surface area contributed by atoms with Gasteiger partial charge < -0.3 is 14.8 Å². The van der Waals surface area contributed by atoms with E-state index in [0.29, 0.717) is 10.8 Å². The Kier molecular flexibility index (Phi) is 2.87. The van der Waals surface area contributed by atoms with Crippen molar-refractivity contribution < 1.29 is 9.47 Å². The third-order valence-corrected chi connectivity index (χ3v) is 3.20. The fraction of sp³-hybridized carbons (Fsp3) is 0.455. The predicted molar refractivity (Wildman–Crippen MR) is 59.6 cm³/mol. The van der Waals surface area contributed by atoms with Gasteiger partial charge in [0.25, 0.3) is 0 Å². The molecule has 0 bridgehead atoms. The molecule has 0 amide bonds. The van der Waals surface area contributed by atoms with Crippen molar-refractivity contribution >= 4 is 11.6 Å². The molecule has 0 radical (unpaired) electrons. The lowest BCUT2D eigenvalue weighted by molar-refractivity contribution is -0.0566. The zero-order chi connectivity index (χ0) is 10.9. The van der Waals surface area contributed by atoms with Crippen LogP contribution in [0.15, 0.2) is 18.2 Å². The van der Waals surface area contributed by atoms with Gasteiger partial charge in [-0.15, -0.1) is 0 Å². The highest BCUT2D eigenvalue weighted by Gasteiger charge is 2.39. The van der Waals surface area contributed by atoms with Crippen LogP contribution in [0.1, 0.15) is 5.56 Å². The molecule has 1 N–H and O–H groups in total. The van der Waals surface area contributed by atoms with Gasteiger partial charge in [0.05, 0.1) is 12.1 Å². The zero-order valence-corrected chi connectivity index (χ0v) is 9.60. The van der Waals surface area contributed by atoms with E-state index in [0.717, 1.165) is 18.7 Å². The molecule has 3 nitrogen and oxygen atoms in total. The van der Waals surface area contributed by atoms with Crippen molar-refractivity contribution in [3.05, 3.63) is 28.8 Å². The smallest absolute Gasteiger partial charge is 0.137 e. The predicted octanol–water partition coefficient (Wildman–Crippen LogP) is 1.79. The monoisotopic (exact) mass is 227 g/mol. The molecule has 1 aliphatic heterocycles. The van der Waals surface area contributed by atoms with Gasteiger partial charge in [-0.1, -0.05) is 17.7 Å². The lowest BCUT2D eigenvalue weighted by atomic mass is 9.88. The van der Waals surface area contributed by atoms with Gasteiger partial charge >= 0.3 is 0 Å². The van der Waals surface area contributed by atoms with Crippen LogP contribution in [0.4, 0.5) is 0 Å². The second-order valence-electron chi connectivity index (χ2n) is 3.65. The summed E-state index contributed by atoms with van der Waals surface area (Å²) in [6.45, 7) is 1.66. The molecule has 1 aromatic carbocycles. The van der Waals surface area contributed by atoms with Crippen molar-refractivity contribution in [2.75, 3.05) is 27.3 Å². The molecule has 0 unspecified atom stereocenters. The third kappa shape index (κ3) is 1.71. The molecule has 0 atom stereocenters. The Morgan fingerprint density at radius 2 is 2.07 bits per heavy atom. The average Bonchev–Trinajstić information content (AvgIpc) is 2.19. The van der Waals surface area contributed by atoms with Crippen LogP contribution in [0.3, 0.4) is 0 Å². The Balaban J connectivity index is 2.36. The summed E-state index contributed by atoms with van der Waals surface area (Å²) in [6.07, 6.45) is 0. The minimum Gasteiger partial charge on any atom is -0.495 e. The van der Waals surface area contributed by atoms with E-state index in [-0.39, 0.29) is 5.60 Å². The molecular formula is C11H14ClNO2. The van der Waals surface area contributed by atoms with Gasteiger partial charge in [0.1, 0.15) is 11.4 Å². The summed E-state index contributed by atoms with van der Waals surface area (Å²) in [5.41, 5.74) is 0.891. The van der Waals surface area contributed by atoms with Gasteiger partial charge in [0, 0.05) is 20.2 Å². The highest BCUT2D eigenvalue weighted by molar-refractivity contribution is 6.32. The first-order valence-electron chi connectivity index (χ1n) is 4.82. The Morgan fingerprint density at radius 1 is 1.33 bits per heavy atom. The van der Waals surface area contributed by atoms with E-state index >= 15 is 0 Å². The van der Waals surface area contributed by atoms with E-state index in [1.54, 1.807) is 14.2 Å². The summed E-state index contributed by atoms with van der Waals surface area (Å²) in [5, 5.41) is 3.83. The Bertz CT molecular complexity index is 358. The topological polar surface area (TPSA) is 30.5 Å². The second kappa shape index (κ2) is 4.00. The van der Waals surface area contributed by atoms with Crippen molar-refractivity contribution in [3.63, 3.8) is 0 Å². The molecule has 1 aliphatic rings. The van der Waals surface area contributed by atoms with Gasteiger partial charge in [0.15, 0.2) is 0 Å². The van der Waals surface area contributed by atoms with Crippen molar-refractivity contribution in [1.82, 2.24) is 5.32 Å². The molecule has 0 aliphatic carbocycles. The maximum Gasteiger partial charge on any atom is 0.137 e. The molecule has 2 rings (SSSR count). The highest BCUT2D eigenvalue weighted by atomic mass is 35.5. The van der Waals surface area contributed by atoms with Crippen LogP contribution >= 0.6 is 11.6 Å². The van der Waals surface area contributed by atoms with Crippen LogP contribution in [0.2, 0.25) is 5.02 Å². The fourth-order valence-corrected chi connectivity index (χ4v) is 1.96. The van der Waals surface area contributed by atoms with E-state index in [1.165, 1.54) is 0 Å². The van der Waals surface area contributed by atoms with Gasteiger partial charge in [-0.05, 0) is 17.7 Å². The van der Waals surface area contributed by atoms with E-state index in [1.807, 2.05) is 18.2 Å². The first-order chi connectivity index (χ1) is 7.22. The van der Waals surface area contributed by atoms with E-state index < -0.39 is 0 Å². The number of hydrogen-bond acceptors (Lipinski definition) is 3.